The molecule has 0 bridgehead atoms. The van der Waals surface area contributed by atoms with Crippen molar-refractivity contribution in [2.75, 3.05) is 27.2 Å². The number of likely N-dealkylation sites (tertiary alicyclic amines) is 1. The average Bonchev–Trinajstić information content (AvgIpc) is 2.83. The van der Waals surface area contributed by atoms with Gasteiger partial charge >= 0.3 is 0 Å². The molecule has 1 unspecified atom stereocenters. The number of nitriles is 1. The van der Waals surface area contributed by atoms with E-state index in [1.54, 1.807) is 11.0 Å². The summed E-state index contributed by atoms with van der Waals surface area (Å²) in [4.78, 5) is 20.1. The van der Waals surface area contributed by atoms with Crippen LogP contribution in [0.3, 0.4) is 0 Å². The number of aromatic nitrogens is 1. The van der Waals surface area contributed by atoms with E-state index >= 15 is 0 Å². The number of amides is 1. The molecule has 2 rings (SSSR count). The highest BCUT2D eigenvalue weighted by Crippen LogP contribution is 2.15. The second kappa shape index (κ2) is 5.15. The summed E-state index contributed by atoms with van der Waals surface area (Å²) in [6.07, 6.45) is 2.50. The van der Waals surface area contributed by atoms with Crippen molar-refractivity contribution in [2.45, 2.75) is 12.5 Å². The summed E-state index contributed by atoms with van der Waals surface area (Å²) in [6.45, 7) is 1.92. The summed E-state index contributed by atoms with van der Waals surface area (Å²) in [5.41, 5.74) is 0.802. The predicted octanol–water partition coefficient (Wildman–Crippen LogP) is 0.729. The molecule has 0 aliphatic carbocycles. The Hall–Kier alpha value is -1.93. The van der Waals surface area contributed by atoms with E-state index in [2.05, 4.69) is 16.9 Å². The number of hydrogen-bond donors (Lipinski definition) is 0. The highest BCUT2D eigenvalue weighted by atomic mass is 16.2. The lowest BCUT2D eigenvalue weighted by Crippen LogP contribution is -2.38. The molecule has 2 heterocycles. The van der Waals surface area contributed by atoms with E-state index < -0.39 is 0 Å². The molecular weight excluding hydrogens is 228 g/mol. The maximum Gasteiger partial charge on any atom is 0.254 e. The van der Waals surface area contributed by atoms with E-state index in [9.17, 15) is 4.79 Å². The quantitative estimate of drug-likeness (QED) is 0.769. The SMILES string of the molecule is CN1CCC(N(C)C(=O)c2ccnc(C#N)c2)C1. The molecule has 0 saturated carbocycles. The third-order valence-corrected chi connectivity index (χ3v) is 3.36. The van der Waals surface area contributed by atoms with E-state index in [-0.39, 0.29) is 17.6 Å². The van der Waals surface area contributed by atoms with Crippen molar-refractivity contribution < 1.29 is 4.79 Å². The van der Waals surface area contributed by atoms with E-state index in [1.165, 1.54) is 12.3 Å². The molecule has 1 aromatic rings. The van der Waals surface area contributed by atoms with Crippen LogP contribution in [0, 0.1) is 11.3 Å². The van der Waals surface area contributed by atoms with Gasteiger partial charge in [0, 0.05) is 31.4 Å². The third-order valence-electron chi connectivity index (χ3n) is 3.36. The Morgan fingerprint density at radius 3 is 3.06 bits per heavy atom. The van der Waals surface area contributed by atoms with E-state index in [0.717, 1.165) is 19.5 Å². The van der Waals surface area contributed by atoms with Gasteiger partial charge in [-0.15, -0.1) is 0 Å². The van der Waals surface area contributed by atoms with Gasteiger partial charge in [-0.1, -0.05) is 0 Å². The standard InChI is InChI=1S/C13H16N4O/c1-16-6-4-12(9-16)17(2)13(18)10-3-5-15-11(7-10)8-14/h3,5,7,12H,4,6,9H2,1-2H3. The molecule has 0 aromatic carbocycles. The lowest BCUT2D eigenvalue weighted by molar-refractivity contribution is 0.0737. The largest absolute Gasteiger partial charge is 0.337 e. The summed E-state index contributed by atoms with van der Waals surface area (Å²) < 4.78 is 0. The van der Waals surface area contributed by atoms with Crippen LogP contribution in [0.1, 0.15) is 22.5 Å². The molecule has 1 amide bonds. The fraction of sp³-hybridized carbons (Fsp3) is 0.462. The Kier molecular flexibility index (Phi) is 3.58. The van der Waals surface area contributed by atoms with Gasteiger partial charge in [0.05, 0.1) is 0 Å². The topological polar surface area (TPSA) is 60.2 Å². The minimum Gasteiger partial charge on any atom is -0.337 e. The fourth-order valence-electron chi connectivity index (χ4n) is 2.22. The normalized spacial score (nSPS) is 19.5. The molecule has 5 nitrogen and oxygen atoms in total. The van der Waals surface area contributed by atoms with Gasteiger partial charge in [0.15, 0.2) is 0 Å². The van der Waals surface area contributed by atoms with Gasteiger partial charge in [0.1, 0.15) is 11.8 Å². The van der Waals surface area contributed by atoms with E-state index in [0.29, 0.717) is 5.56 Å². The molecule has 1 saturated heterocycles. The number of hydrogen-bond acceptors (Lipinski definition) is 4. The Morgan fingerprint density at radius 2 is 2.44 bits per heavy atom. The first-order valence-corrected chi connectivity index (χ1v) is 5.93. The number of carbonyl (C=O) groups excluding carboxylic acids is 1. The van der Waals surface area contributed by atoms with Crippen molar-refractivity contribution >= 4 is 5.91 Å². The van der Waals surface area contributed by atoms with Crippen LogP contribution < -0.4 is 0 Å². The maximum atomic E-state index is 12.3. The van der Waals surface area contributed by atoms with Crippen molar-refractivity contribution in [1.29, 1.82) is 5.26 Å². The van der Waals surface area contributed by atoms with Crippen molar-refractivity contribution in [2.24, 2.45) is 0 Å². The molecule has 0 radical (unpaired) electrons. The van der Waals surface area contributed by atoms with Gasteiger partial charge < -0.3 is 9.80 Å². The zero-order valence-electron chi connectivity index (χ0n) is 10.6. The molecule has 0 spiro atoms. The van der Waals surface area contributed by atoms with Crippen LogP contribution in [0.25, 0.3) is 0 Å². The average molecular weight is 244 g/mol. The van der Waals surface area contributed by atoms with Crippen molar-refractivity contribution in [1.82, 2.24) is 14.8 Å². The molecule has 1 atom stereocenters. The lowest BCUT2D eigenvalue weighted by Gasteiger charge is -2.24. The highest BCUT2D eigenvalue weighted by Gasteiger charge is 2.27. The monoisotopic (exact) mass is 244 g/mol. The summed E-state index contributed by atoms with van der Waals surface area (Å²) in [6, 6.07) is 5.39. The van der Waals surface area contributed by atoms with Crippen LogP contribution in [0.2, 0.25) is 0 Å². The Bertz CT molecular complexity index is 494. The minimum absolute atomic E-state index is 0.0470. The van der Waals surface area contributed by atoms with Gasteiger partial charge in [-0.25, -0.2) is 4.98 Å². The molecule has 0 N–H and O–H groups in total. The number of nitrogens with zero attached hydrogens (tertiary/aromatic N) is 4. The summed E-state index contributed by atoms with van der Waals surface area (Å²) in [7, 11) is 3.87. The maximum absolute atomic E-state index is 12.3. The van der Waals surface area contributed by atoms with E-state index in [4.69, 9.17) is 5.26 Å². The van der Waals surface area contributed by atoms with Crippen LogP contribution in [0.4, 0.5) is 0 Å². The predicted molar refractivity (Wildman–Crippen MR) is 66.9 cm³/mol. The molecule has 1 aliphatic heterocycles. The smallest absolute Gasteiger partial charge is 0.254 e. The summed E-state index contributed by atoms with van der Waals surface area (Å²) >= 11 is 0. The van der Waals surface area contributed by atoms with Gasteiger partial charge in [-0.2, -0.15) is 5.26 Å². The van der Waals surface area contributed by atoms with Crippen LogP contribution in [0.5, 0.6) is 0 Å². The molecule has 1 aliphatic rings. The van der Waals surface area contributed by atoms with Gasteiger partial charge in [-0.3, -0.25) is 4.79 Å². The number of carbonyl (C=O) groups is 1. The highest BCUT2D eigenvalue weighted by molar-refractivity contribution is 5.94. The summed E-state index contributed by atoms with van der Waals surface area (Å²) in [5.74, 6) is -0.0470. The fourth-order valence-corrected chi connectivity index (χ4v) is 2.22. The minimum atomic E-state index is -0.0470. The number of likely N-dealkylation sites (N-methyl/N-ethyl adjacent to an activating group) is 2. The van der Waals surface area contributed by atoms with Crippen molar-refractivity contribution in [3.8, 4) is 6.07 Å². The van der Waals surface area contributed by atoms with Crippen LogP contribution in [-0.4, -0.2) is 53.9 Å². The van der Waals surface area contributed by atoms with Gasteiger partial charge in [0.25, 0.3) is 5.91 Å². The Balaban J connectivity index is 2.13. The molecule has 1 aromatic heterocycles. The summed E-state index contributed by atoms with van der Waals surface area (Å²) in [5, 5.41) is 8.78. The van der Waals surface area contributed by atoms with Gasteiger partial charge in [-0.05, 0) is 32.1 Å². The Labute approximate surface area is 107 Å². The third kappa shape index (κ3) is 2.49. The van der Waals surface area contributed by atoms with E-state index in [1.807, 2.05) is 13.1 Å². The lowest BCUT2D eigenvalue weighted by atomic mass is 10.1. The first kappa shape index (κ1) is 12.5. The first-order valence-electron chi connectivity index (χ1n) is 5.93. The molecular formula is C13H16N4O. The van der Waals surface area contributed by atoms with Gasteiger partial charge in [0.2, 0.25) is 0 Å². The zero-order chi connectivity index (χ0) is 13.1. The van der Waals surface area contributed by atoms with Crippen LogP contribution in [0.15, 0.2) is 18.3 Å². The molecule has 94 valence electrons. The second-order valence-electron chi connectivity index (χ2n) is 4.66. The zero-order valence-corrected chi connectivity index (χ0v) is 10.6. The number of pyridine rings is 1. The molecule has 1 fully saturated rings. The molecule has 5 heteroatoms. The van der Waals surface area contributed by atoms with Crippen LogP contribution >= 0.6 is 0 Å². The van der Waals surface area contributed by atoms with Crippen LogP contribution in [-0.2, 0) is 0 Å². The van der Waals surface area contributed by atoms with Crippen molar-refractivity contribution in [3.05, 3.63) is 29.6 Å². The Morgan fingerprint density at radius 1 is 1.67 bits per heavy atom. The first-order chi connectivity index (χ1) is 8.61. The van der Waals surface area contributed by atoms with Crippen molar-refractivity contribution in [3.63, 3.8) is 0 Å². The second-order valence-corrected chi connectivity index (χ2v) is 4.66. The molecule has 18 heavy (non-hydrogen) atoms. The number of rotatable bonds is 2.